The lowest BCUT2D eigenvalue weighted by molar-refractivity contribution is -0.142. The zero-order chi connectivity index (χ0) is 23.3. The van der Waals surface area contributed by atoms with E-state index in [-0.39, 0.29) is 24.8 Å². The summed E-state index contributed by atoms with van der Waals surface area (Å²) in [6, 6.07) is 11.7. The minimum atomic E-state index is -0.935. The number of β-amino-alcohol motifs (C(OH)–C–C–N with tert-alkyl or cyclic N) is 1. The molecule has 0 radical (unpaired) electrons. The lowest BCUT2D eigenvalue weighted by atomic mass is 10.1. The molecular weight excluding hydrogens is 424 g/mol. The molecule has 33 heavy (non-hydrogen) atoms. The number of anilines is 1. The molecule has 3 heterocycles. The van der Waals surface area contributed by atoms with Gasteiger partial charge in [0.1, 0.15) is 18.1 Å². The SMILES string of the molecule is C[C@@H](C(=O)N1C[C@H](O)C[C@H]1C(=O)NC1C(=O)Nc2ccccc21)N1Cc2ccccc2C1=O. The second kappa shape index (κ2) is 8.00. The van der Waals surface area contributed by atoms with E-state index in [1.807, 2.05) is 12.1 Å². The molecule has 2 aromatic carbocycles. The molecule has 9 nitrogen and oxygen atoms in total. The predicted molar refractivity (Wildman–Crippen MR) is 118 cm³/mol. The van der Waals surface area contributed by atoms with Crippen LogP contribution in [0.3, 0.4) is 0 Å². The molecule has 9 heteroatoms. The van der Waals surface area contributed by atoms with E-state index < -0.39 is 36.0 Å². The van der Waals surface area contributed by atoms with Crippen molar-refractivity contribution in [3.63, 3.8) is 0 Å². The van der Waals surface area contributed by atoms with Gasteiger partial charge in [0.15, 0.2) is 0 Å². The first kappa shape index (κ1) is 21.1. The summed E-state index contributed by atoms with van der Waals surface area (Å²) in [7, 11) is 0. The van der Waals surface area contributed by atoms with Crippen molar-refractivity contribution in [3.05, 3.63) is 65.2 Å². The second-order valence-corrected chi connectivity index (χ2v) is 8.68. The van der Waals surface area contributed by atoms with E-state index in [0.717, 1.165) is 5.56 Å². The Labute approximate surface area is 190 Å². The summed E-state index contributed by atoms with van der Waals surface area (Å²) in [6.07, 6.45) is -0.804. The van der Waals surface area contributed by atoms with Crippen LogP contribution in [0.2, 0.25) is 0 Å². The fourth-order valence-corrected chi connectivity index (χ4v) is 4.86. The van der Waals surface area contributed by atoms with Gasteiger partial charge in [-0.15, -0.1) is 0 Å². The Kier molecular flexibility index (Phi) is 5.13. The maximum absolute atomic E-state index is 13.4. The third kappa shape index (κ3) is 3.54. The van der Waals surface area contributed by atoms with Crippen LogP contribution in [0.4, 0.5) is 5.69 Å². The standard InChI is InChI=1S/C24H24N4O5/c1-13(27-11-14-6-2-3-7-16(14)24(27)33)23(32)28-12-15(29)10-19(28)21(30)26-20-17-8-4-5-9-18(17)25-22(20)31/h2-9,13,15,19-20,29H,10-12H2,1H3,(H,25,31)(H,26,30)/t13-,15+,19-,20?/m0/s1. The summed E-state index contributed by atoms with van der Waals surface area (Å²) in [6.45, 7) is 1.93. The highest BCUT2D eigenvalue weighted by Crippen LogP contribution is 2.31. The minimum absolute atomic E-state index is 0.0102. The predicted octanol–water partition coefficient (Wildman–Crippen LogP) is 0.802. The smallest absolute Gasteiger partial charge is 0.255 e. The van der Waals surface area contributed by atoms with Crippen LogP contribution in [0, 0.1) is 0 Å². The van der Waals surface area contributed by atoms with Crippen LogP contribution in [0.1, 0.15) is 40.9 Å². The molecule has 1 fully saturated rings. The lowest BCUT2D eigenvalue weighted by Crippen LogP contribution is -2.53. The molecule has 3 N–H and O–H groups in total. The van der Waals surface area contributed by atoms with E-state index in [0.29, 0.717) is 23.4 Å². The highest BCUT2D eigenvalue weighted by Gasteiger charge is 2.44. The van der Waals surface area contributed by atoms with Crippen molar-refractivity contribution in [1.82, 2.24) is 15.1 Å². The average molecular weight is 448 g/mol. The first-order valence-electron chi connectivity index (χ1n) is 10.9. The van der Waals surface area contributed by atoms with Gasteiger partial charge in [0.05, 0.1) is 6.10 Å². The summed E-state index contributed by atoms with van der Waals surface area (Å²) in [5, 5.41) is 15.7. The Hall–Kier alpha value is -3.72. The van der Waals surface area contributed by atoms with Crippen molar-refractivity contribution in [2.24, 2.45) is 0 Å². The van der Waals surface area contributed by atoms with E-state index in [2.05, 4.69) is 10.6 Å². The Morgan fingerprint density at radius 3 is 2.64 bits per heavy atom. The number of likely N-dealkylation sites (tertiary alicyclic amines) is 1. The van der Waals surface area contributed by atoms with Gasteiger partial charge in [-0.3, -0.25) is 19.2 Å². The second-order valence-electron chi connectivity index (χ2n) is 8.68. The number of carbonyl (C=O) groups is 4. The molecule has 0 bridgehead atoms. The van der Waals surface area contributed by atoms with Gasteiger partial charge < -0.3 is 25.5 Å². The lowest BCUT2D eigenvalue weighted by Gasteiger charge is -2.31. The molecule has 3 aliphatic heterocycles. The van der Waals surface area contributed by atoms with E-state index in [1.54, 1.807) is 43.3 Å². The van der Waals surface area contributed by atoms with E-state index >= 15 is 0 Å². The fraction of sp³-hybridized carbons (Fsp3) is 0.333. The van der Waals surface area contributed by atoms with Crippen molar-refractivity contribution in [3.8, 4) is 0 Å². The molecule has 4 amide bonds. The van der Waals surface area contributed by atoms with Gasteiger partial charge >= 0.3 is 0 Å². The van der Waals surface area contributed by atoms with Gasteiger partial charge in [0.2, 0.25) is 11.8 Å². The molecule has 0 saturated carbocycles. The van der Waals surface area contributed by atoms with Gasteiger partial charge in [-0.1, -0.05) is 36.4 Å². The normalized spacial score (nSPS) is 24.4. The number of aliphatic hydroxyl groups is 1. The number of benzene rings is 2. The zero-order valence-electron chi connectivity index (χ0n) is 18.0. The van der Waals surface area contributed by atoms with Crippen molar-refractivity contribution >= 4 is 29.3 Å². The summed E-state index contributed by atoms with van der Waals surface area (Å²) in [5.74, 6) is -1.51. The molecule has 2 aromatic rings. The number of nitrogens with one attached hydrogen (secondary N) is 2. The molecule has 5 rings (SSSR count). The number of hydrogen-bond donors (Lipinski definition) is 3. The number of nitrogens with zero attached hydrogens (tertiary/aromatic N) is 2. The van der Waals surface area contributed by atoms with E-state index in [4.69, 9.17) is 0 Å². The topological polar surface area (TPSA) is 119 Å². The van der Waals surface area contributed by atoms with Gasteiger partial charge in [-0.05, 0) is 24.6 Å². The van der Waals surface area contributed by atoms with Crippen LogP contribution in [0.15, 0.2) is 48.5 Å². The molecule has 170 valence electrons. The highest BCUT2D eigenvalue weighted by molar-refractivity contribution is 6.05. The first-order chi connectivity index (χ1) is 15.8. The van der Waals surface area contributed by atoms with Crippen LogP contribution in [0.5, 0.6) is 0 Å². The Morgan fingerprint density at radius 2 is 1.85 bits per heavy atom. The largest absolute Gasteiger partial charge is 0.391 e. The number of carbonyl (C=O) groups excluding carboxylic acids is 4. The Balaban J connectivity index is 1.32. The minimum Gasteiger partial charge on any atom is -0.391 e. The monoisotopic (exact) mass is 448 g/mol. The van der Waals surface area contributed by atoms with Gasteiger partial charge in [-0.25, -0.2) is 0 Å². The molecular formula is C24H24N4O5. The van der Waals surface area contributed by atoms with Crippen molar-refractivity contribution in [1.29, 1.82) is 0 Å². The quantitative estimate of drug-likeness (QED) is 0.639. The Bertz CT molecular complexity index is 1170. The molecule has 1 unspecified atom stereocenters. The molecule has 0 spiro atoms. The van der Waals surface area contributed by atoms with Crippen LogP contribution in [0.25, 0.3) is 0 Å². The molecule has 4 atom stereocenters. The van der Waals surface area contributed by atoms with Crippen LogP contribution < -0.4 is 10.6 Å². The van der Waals surface area contributed by atoms with E-state index in [9.17, 15) is 24.3 Å². The van der Waals surface area contributed by atoms with Crippen molar-refractivity contribution < 1.29 is 24.3 Å². The number of rotatable bonds is 4. The van der Waals surface area contributed by atoms with Crippen molar-refractivity contribution in [2.45, 2.75) is 44.1 Å². The molecule has 0 aromatic heterocycles. The number of fused-ring (bicyclic) bond motifs is 2. The third-order valence-electron chi connectivity index (χ3n) is 6.62. The number of para-hydroxylation sites is 1. The van der Waals surface area contributed by atoms with Gasteiger partial charge in [0, 0.05) is 36.3 Å². The zero-order valence-corrected chi connectivity index (χ0v) is 18.0. The fourth-order valence-electron chi connectivity index (χ4n) is 4.86. The van der Waals surface area contributed by atoms with Gasteiger partial charge in [0.25, 0.3) is 11.8 Å². The number of hydrogen-bond acceptors (Lipinski definition) is 5. The van der Waals surface area contributed by atoms with Gasteiger partial charge in [-0.2, -0.15) is 0 Å². The number of amides is 4. The number of aliphatic hydroxyl groups excluding tert-OH is 1. The summed E-state index contributed by atoms with van der Waals surface area (Å²) in [4.78, 5) is 54.5. The van der Waals surface area contributed by atoms with Crippen molar-refractivity contribution in [2.75, 3.05) is 11.9 Å². The molecule has 0 aliphatic carbocycles. The average Bonchev–Trinajstić information content (AvgIpc) is 3.46. The molecule has 1 saturated heterocycles. The summed E-state index contributed by atoms with van der Waals surface area (Å²) >= 11 is 0. The molecule has 3 aliphatic rings. The summed E-state index contributed by atoms with van der Waals surface area (Å²) in [5.41, 5.74) is 2.71. The summed E-state index contributed by atoms with van der Waals surface area (Å²) < 4.78 is 0. The maximum Gasteiger partial charge on any atom is 0.255 e. The highest BCUT2D eigenvalue weighted by atomic mass is 16.3. The van der Waals surface area contributed by atoms with E-state index in [1.165, 1.54) is 9.80 Å². The van der Waals surface area contributed by atoms with Crippen LogP contribution in [-0.4, -0.2) is 63.3 Å². The van der Waals surface area contributed by atoms with Crippen LogP contribution >= 0.6 is 0 Å². The maximum atomic E-state index is 13.4. The first-order valence-corrected chi connectivity index (χ1v) is 10.9. The van der Waals surface area contributed by atoms with Crippen LogP contribution in [-0.2, 0) is 20.9 Å². The third-order valence-corrected chi connectivity index (χ3v) is 6.62. The Morgan fingerprint density at radius 1 is 1.12 bits per heavy atom.